The first-order valence-corrected chi connectivity index (χ1v) is 8.58. The molecule has 0 fully saturated rings. The van der Waals surface area contributed by atoms with Crippen LogP contribution >= 0.6 is 11.6 Å². The number of hydrogen-bond donors (Lipinski definition) is 4. The summed E-state index contributed by atoms with van der Waals surface area (Å²) in [6.07, 6.45) is 1.48. The number of nitrogens with one attached hydrogen (secondary N) is 3. The number of urea groups is 1. The van der Waals surface area contributed by atoms with Crippen LogP contribution < -0.4 is 16.4 Å². The molecule has 0 saturated carbocycles. The second-order valence-electron chi connectivity index (χ2n) is 5.98. The molecule has 1 aromatic heterocycles. The molecule has 1 heterocycles. The lowest BCUT2D eigenvalue weighted by Gasteiger charge is -2.15. The van der Waals surface area contributed by atoms with Gasteiger partial charge >= 0.3 is 6.03 Å². The van der Waals surface area contributed by atoms with Gasteiger partial charge in [0.25, 0.3) is 5.91 Å². The fourth-order valence-electron chi connectivity index (χ4n) is 2.68. The average molecular weight is 384 g/mol. The van der Waals surface area contributed by atoms with Gasteiger partial charge < -0.3 is 16.4 Å². The monoisotopic (exact) mass is 383 g/mol. The van der Waals surface area contributed by atoms with E-state index in [1.54, 1.807) is 24.3 Å². The van der Waals surface area contributed by atoms with Crippen LogP contribution in [-0.2, 0) is 0 Å². The number of aromatic nitrogens is 2. The van der Waals surface area contributed by atoms with Gasteiger partial charge in [-0.25, -0.2) is 4.79 Å². The van der Waals surface area contributed by atoms with Crippen molar-refractivity contribution < 1.29 is 9.59 Å². The molecular weight excluding hydrogens is 366 g/mol. The van der Waals surface area contributed by atoms with Crippen molar-refractivity contribution in [3.8, 4) is 11.3 Å². The zero-order valence-corrected chi connectivity index (χ0v) is 15.2. The standard InChI is InChI=1S/C19H18ClN5O2/c1-11(12-5-7-15(8-6-12)24-19(21)27)23-18(26)16-10-22-25-17(16)13-3-2-4-14(20)9-13/h2-11H,1H3,(H,22,25)(H,23,26)(H3,21,24,27). The number of carbonyl (C=O) groups is 2. The fourth-order valence-corrected chi connectivity index (χ4v) is 2.87. The van der Waals surface area contributed by atoms with Crippen molar-refractivity contribution in [1.29, 1.82) is 0 Å². The molecule has 138 valence electrons. The van der Waals surface area contributed by atoms with Crippen LogP contribution in [-0.4, -0.2) is 22.1 Å². The van der Waals surface area contributed by atoms with E-state index < -0.39 is 6.03 Å². The van der Waals surface area contributed by atoms with E-state index in [9.17, 15) is 9.59 Å². The average Bonchev–Trinajstić information content (AvgIpc) is 3.11. The van der Waals surface area contributed by atoms with Crippen molar-refractivity contribution in [2.24, 2.45) is 5.73 Å². The molecule has 2 aromatic carbocycles. The Morgan fingerprint density at radius 1 is 1.19 bits per heavy atom. The van der Waals surface area contributed by atoms with Crippen LogP contribution in [0.2, 0.25) is 5.02 Å². The lowest BCUT2D eigenvalue weighted by molar-refractivity contribution is 0.0940. The maximum atomic E-state index is 12.7. The predicted molar refractivity (Wildman–Crippen MR) is 105 cm³/mol. The van der Waals surface area contributed by atoms with Crippen molar-refractivity contribution >= 4 is 29.2 Å². The van der Waals surface area contributed by atoms with Crippen LogP contribution in [0.4, 0.5) is 10.5 Å². The van der Waals surface area contributed by atoms with Gasteiger partial charge in [0.05, 0.1) is 23.5 Å². The number of halogens is 1. The van der Waals surface area contributed by atoms with Crippen LogP contribution in [0.3, 0.4) is 0 Å². The van der Waals surface area contributed by atoms with Crippen LogP contribution in [0.25, 0.3) is 11.3 Å². The minimum absolute atomic E-state index is 0.248. The summed E-state index contributed by atoms with van der Waals surface area (Å²) in [6, 6.07) is 13.4. The molecule has 1 atom stereocenters. The highest BCUT2D eigenvalue weighted by Gasteiger charge is 2.18. The zero-order chi connectivity index (χ0) is 19.4. The van der Waals surface area contributed by atoms with Crippen LogP contribution in [0.5, 0.6) is 0 Å². The molecule has 3 rings (SSSR count). The molecule has 0 spiro atoms. The van der Waals surface area contributed by atoms with E-state index in [0.29, 0.717) is 22.0 Å². The van der Waals surface area contributed by atoms with Gasteiger partial charge in [0.15, 0.2) is 0 Å². The molecule has 0 saturated heterocycles. The molecule has 8 heteroatoms. The summed E-state index contributed by atoms with van der Waals surface area (Å²) in [5, 5.41) is 12.8. The van der Waals surface area contributed by atoms with E-state index in [1.165, 1.54) is 6.20 Å². The van der Waals surface area contributed by atoms with E-state index in [2.05, 4.69) is 20.8 Å². The summed E-state index contributed by atoms with van der Waals surface area (Å²) < 4.78 is 0. The molecule has 3 aromatic rings. The van der Waals surface area contributed by atoms with Gasteiger partial charge in [0.2, 0.25) is 0 Å². The van der Waals surface area contributed by atoms with Crippen molar-refractivity contribution in [1.82, 2.24) is 15.5 Å². The minimum Gasteiger partial charge on any atom is -0.351 e. The third-order valence-electron chi connectivity index (χ3n) is 4.02. The minimum atomic E-state index is -0.627. The summed E-state index contributed by atoms with van der Waals surface area (Å²) in [7, 11) is 0. The molecule has 0 aliphatic heterocycles. The Morgan fingerprint density at radius 2 is 1.93 bits per heavy atom. The van der Waals surface area contributed by atoms with Gasteiger partial charge in [-0.3, -0.25) is 9.89 Å². The lowest BCUT2D eigenvalue weighted by Crippen LogP contribution is -2.26. The zero-order valence-electron chi connectivity index (χ0n) is 14.5. The molecule has 1 unspecified atom stereocenters. The highest BCUT2D eigenvalue weighted by molar-refractivity contribution is 6.30. The fraction of sp³-hybridized carbons (Fsp3) is 0.105. The van der Waals surface area contributed by atoms with E-state index in [-0.39, 0.29) is 11.9 Å². The summed E-state index contributed by atoms with van der Waals surface area (Å²) >= 11 is 6.03. The van der Waals surface area contributed by atoms with Gasteiger partial charge in [-0.1, -0.05) is 35.9 Å². The predicted octanol–water partition coefficient (Wildman–Crippen LogP) is 3.71. The Hall–Kier alpha value is -3.32. The van der Waals surface area contributed by atoms with Gasteiger partial charge in [-0.05, 0) is 36.8 Å². The number of aromatic amines is 1. The molecule has 27 heavy (non-hydrogen) atoms. The summed E-state index contributed by atoms with van der Waals surface area (Å²) in [5.41, 5.74) is 8.36. The topological polar surface area (TPSA) is 113 Å². The first-order valence-electron chi connectivity index (χ1n) is 8.20. The second-order valence-corrected chi connectivity index (χ2v) is 6.41. The normalized spacial score (nSPS) is 11.6. The third-order valence-corrected chi connectivity index (χ3v) is 4.26. The number of amides is 3. The smallest absolute Gasteiger partial charge is 0.316 e. The maximum Gasteiger partial charge on any atom is 0.316 e. The number of H-pyrrole nitrogens is 1. The Balaban J connectivity index is 1.74. The molecule has 0 aliphatic carbocycles. The number of carbonyl (C=O) groups excluding carboxylic acids is 2. The van der Waals surface area contributed by atoms with Crippen molar-refractivity contribution in [3.05, 3.63) is 70.9 Å². The number of anilines is 1. The summed E-state index contributed by atoms with van der Waals surface area (Å²) in [5.74, 6) is -0.259. The number of benzene rings is 2. The number of primary amides is 1. The number of rotatable bonds is 5. The number of nitrogens with zero attached hydrogens (tertiary/aromatic N) is 1. The van der Waals surface area contributed by atoms with Gasteiger partial charge in [0.1, 0.15) is 0 Å². The van der Waals surface area contributed by atoms with Gasteiger partial charge in [-0.15, -0.1) is 0 Å². The van der Waals surface area contributed by atoms with E-state index in [4.69, 9.17) is 17.3 Å². The van der Waals surface area contributed by atoms with E-state index in [0.717, 1.165) is 11.1 Å². The van der Waals surface area contributed by atoms with Gasteiger partial charge in [-0.2, -0.15) is 5.10 Å². The summed E-state index contributed by atoms with van der Waals surface area (Å²) in [4.78, 5) is 23.6. The Bertz CT molecular complexity index is 968. The van der Waals surface area contributed by atoms with Crippen molar-refractivity contribution in [2.75, 3.05) is 5.32 Å². The molecule has 7 nitrogen and oxygen atoms in total. The quantitative estimate of drug-likeness (QED) is 0.538. The first-order chi connectivity index (χ1) is 12.9. The Morgan fingerprint density at radius 3 is 2.59 bits per heavy atom. The lowest BCUT2D eigenvalue weighted by atomic mass is 10.1. The van der Waals surface area contributed by atoms with E-state index in [1.807, 2.05) is 31.2 Å². The Labute approximate surface area is 160 Å². The third kappa shape index (κ3) is 4.45. The number of nitrogens with two attached hydrogens (primary N) is 1. The molecule has 0 aliphatic rings. The van der Waals surface area contributed by atoms with Gasteiger partial charge in [0, 0.05) is 16.3 Å². The first kappa shape index (κ1) is 18.5. The highest BCUT2D eigenvalue weighted by Crippen LogP contribution is 2.25. The molecule has 3 amide bonds. The maximum absolute atomic E-state index is 12.7. The summed E-state index contributed by atoms with van der Waals surface area (Å²) in [6.45, 7) is 1.87. The Kier molecular flexibility index (Phi) is 5.42. The molecule has 0 bridgehead atoms. The molecule has 0 radical (unpaired) electrons. The van der Waals surface area contributed by atoms with Crippen molar-refractivity contribution in [2.45, 2.75) is 13.0 Å². The van der Waals surface area contributed by atoms with Crippen LogP contribution in [0.1, 0.15) is 28.9 Å². The SMILES string of the molecule is CC(NC(=O)c1cn[nH]c1-c1cccc(Cl)c1)c1ccc(NC(N)=O)cc1. The van der Waals surface area contributed by atoms with Crippen molar-refractivity contribution in [3.63, 3.8) is 0 Å². The number of hydrogen-bond acceptors (Lipinski definition) is 3. The molecular formula is C19H18ClN5O2. The highest BCUT2D eigenvalue weighted by atomic mass is 35.5. The molecule has 5 N–H and O–H groups in total. The van der Waals surface area contributed by atoms with Crippen LogP contribution in [0.15, 0.2) is 54.7 Å². The van der Waals surface area contributed by atoms with E-state index >= 15 is 0 Å². The van der Waals surface area contributed by atoms with Crippen LogP contribution in [0, 0.1) is 0 Å². The second kappa shape index (κ2) is 7.92. The largest absolute Gasteiger partial charge is 0.351 e.